The van der Waals surface area contributed by atoms with Crippen molar-refractivity contribution in [2.75, 3.05) is 7.05 Å². The van der Waals surface area contributed by atoms with Gasteiger partial charge in [0.05, 0.1) is 0 Å². The minimum atomic E-state index is 0.125. The zero-order chi connectivity index (χ0) is 8.57. The normalized spacial score (nSPS) is 8.20. The van der Waals surface area contributed by atoms with Crippen LogP contribution in [0.15, 0.2) is 0 Å². The average molecular weight is 145 g/mol. The highest BCUT2D eigenvalue weighted by Crippen LogP contribution is 1.96. The molecular weight excluding hydrogens is 126 g/mol. The molecule has 0 radical (unpaired) electrons. The Morgan fingerprint density at radius 2 is 1.80 bits per heavy atom. The van der Waals surface area contributed by atoms with Gasteiger partial charge in [0, 0.05) is 13.5 Å². The first-order valence-electron chi connectivity index (χ1n) is 3.87. The molecule has 0 aromatic rings. The van der Waals surface area contributed by atoms with Gasteiger partial charge in [0.1, 0.15) is 0 Å². The largest absolute Gasteiger partial charge is 0.359 e. The van der Waals surface area contributed by atoms with E-state index in [-0.39, 0.29) is 5.91 Å². The Morgan fingerprint density at radius 3 is 1.90 bits per heavy atom. The zero-order valence-electron chi connectivity index (χ0n) is 7.69. The average Bonchev–Trinajstić information content (AvgIpc) is 1.91. The summed E-state index contributed by atoms with van der Waals surface area (Å²) in [5, 5.41) is 2.56. The lowest BCUT2D eigenvalue weighted by molar-refractivity contribution is -0.121. The van der Waals surface area contributed by atoms with Crippen LogP contribution in [0.25, 0.3) is 0 Å². The van der Waals surface area contributed by atoms with Gasteiger partial charge in [0.25, 0.3) is 0 Å². The van der Waals surface area contributed by atoms with E-state index < -0.39 is 0 Å². The van der Waals surface area contributed by atoms with Gasteiger partial charge in [0.2, 0.25) is 5.91 Å². The van der Waals surface area contributed by atoms with E-state index in [0.29, 0.717) is 12.3 Å². The highest BCUT2D eigenvalue weighted by molar-refractivity contribution is 5.75. The van der Waals surface area contributed by atoms with Gasteiger partial charge in [-0.15, -0.1) is 0 Å². The fourth-order valence-electron chi connectivity index (χ4n) is 0.473. The Balaban J connectivity index is 0. The minimum Gasteiger partial charge on any atom is -0.359 e. The topological polar surface area (TPSA) is 29.1 Å². The maximum atomic E-state index is 10.5. The monoisotopic (exact) mass is 145 g/mol. The van der Waals surface area contributed by atoms with Gasteiger partial charge in [0.15, 0.2) is 0 Å². The van der Waals surface area contributed by atoms with E-state index in [4.69, 9.17) is 0 Å². The van der Waals surface area contributed by atoms with Crippen LogP contribution in [-0.2, 0) is 4.79 Å². The van der Waals surface area contributed by atoms with Crippen molar-refractivity contribution >= 4 is 5.91 Å². The summed E-state index contributed by atoms with van der Waals surface area (Å²) in [6, 6.07) is 0. The van der Waals surface area contributed by atoms with E-state index in [1.54, 1.807) is 7.05 Å². The number of hydrogen-bond acceptors (Lipinski definition) is 1. The van der Waals surface area contributed by atoms with Gasteiger partial charge < -0.3 is 5.32 Å². The van der Waals surface area contributed by atoms with E-state index in [1.807, 2.05) is 27.7 Å². The van der Waals surface area contributed by atoms with Crippen LogP contribution in [0, 0.1) is 5.92 Å². The number of amides is 1. The van der Waals surface area contributed by atoms with Crippen molar-refractivity contribution in [1.82, 2.24) is 5.32 Å². The quantitative estimate of drug-likeness (QED) is 0.630. The summed E-state index contributed by atoms with van der Waals surface area (Å²) in [5.74, 6) is 0.593. The predicted octanol–water partition coefficient (Wildman–Crippen LogP) is 1.80. The molecule has 0 rings (SSSR count). The molecule has 0 aromatic carbocycles. The van der Waals surface area contributed by atoms with E-state index in [0.717, 1.165) is 0 Å². The van der Waals surface area contributed by atoms with E-state index in [2.05, 4.69) is 5.32 Å². The standard InChI is InChI=1S/C6H13NO.C2H6/c1-5(2)4-6(8)7-3;1-2/h5H,4H2,1-3H3,(H,7,8);1-2H3. The third kappa shape index (κ3) is 10.5. The van der Waals surface area contributed by atoms with Gasteiger partial charge in [-0.2, -0.15) is 0 Å². The second kappa shape index (κ2) is 8.47. The van der Waals surface area contributed by atoms with Crippen LogP contribution in [0.2, 0.25) is 0 Å². The first kappa shape index (κ1) is 12.2. The van der Waals surface area contributed by atoms with Gasteiger partial charge in [-0.3, -0.25) is 4.79 Å². The first-order chi connectivity index (χ1) is 4.66. The summed E-state index contributed by atoms with van der Waals surface area (Å²) in [7, 11) is 1.66. The third-order valence-corrected chi connectivity index (χ3v) is 0.872. The molecule has 0 saturated heterocycles. The number of rotatable bonds is 2. The number of carbonyl (C=O) groups is 1. The van der Waals surface area contributed by atoms with E-state index in [9.17, 15) is 4.79 Å². The third-order valence-electron chi connectivity index (χ3n) is 0.872. The van der Waals surface area contributed by atoms with Crippen molar-refractivity contribution in [3.05, 3.63) is 0 Å². The lowest BCUT2D eigenvalue weighted by atomic mass is 10.1. The van der Waals surface area contributed by atoms with Crippen molar-refractivity contribution in [2.45, 2.75) is 34.1 Å². The lowest BCUT2D eigenvalue weighted by Gasteiger charge is -2.00. The number of carbonyl (C=O) groups excluding carboxylic acids is 1. The molecule has 1 amide bonds. The predicted molar refractivity (Wildman–Crippen MR) is 44.9 cm³/mol. The molecule has 0 spiro atoms. The Kier molecular flexibility index (Phi) is 10.3. The van der Waals surface area contributed by atoms with Crippen LogP contribution in [0.1, 0.15) is 34.1 Å². The lowest BCUT2D eigenvalue weighted by Crippen LogP contribution is -2.19. The van der Waals surface area contributed by atoms with E-state index >= 15 is 0 Å². The molecule has 0 aliphatic carbocycles. The van der Waals surface area contributed by atoms with Gasteiger partial charge in [-0.1, -0.05) is 27.7 Å². The summed E-state index contributed by atoms with van der Waals surface area (Å²) in [5.41, 5.74) is 0. The second-order valence-electron chi connectivity index (χ2n) is 2.27. The Hall–Kier alpha value is -0.530. The van der Waals surface area contributed by atoms with Crippen LogP contribution >= 0.6 is 0 Å². The van der Waals surface area contributed by atoms with Crippen LogP contribution < -0.4 is 5.32 Å². The van der Waals surface area contributed by atoms with Crippen LogP contribution in [0.4, 0.5) is 0 Å². The molecule has 0 aliphatic heterocycles. The molecule has 0 heterocycles. The molecular formula is C8H19NO. The number of nitrogens with one attached hydrogen (secondary N) is 1. The highest BCUT2D eigenvalue weighted by atomic mass is 16.1. The van der Waals surface area contributed by atoms with Crippen molar-refractivity contribution in [1.29, 1.82) is 0 Å². The molecule has 0 saturated carbocycles. The molecule has 10 heavy (non-hydrogen) atoms. The molecule has 2 nitrogen and oxygen atoms in total. The molecule has 1 N–H and O–H groups in total. The molecule has 62 valence electrons. The Labute approximate surface area is 64.0 Å². The molecule has 0 fully saturated rings. The minimum absolute atomic E-state index is 0.125. The maximum Gasteiger partial charge on any atom is 0.219 e. The fraction of sp³-hybridized carbons (Fsp3) is 0.875. The summed E-state index contributed by atoms with van der Waals surface area (Å²) in [4.78, 5) is 10.5. The van der Waals surface area contributed by atoms with Crippen LogP contribution in [-0.4, -0.2) is 13.0 Å². The second-order valence-corrected chi connectivity index (χ2v) is 2.27. The van der Waals surface area contributed by atoms with Gasteiger partial charge >= 0.3 is 0 Å². The first-order valence-corrected chi connectivity index (χ1v) is 3.87. The van der Waals surface area contributed by atoms with Gasteiger partial charge in [-0.25, -0.2) is 0 Å². The maximum absolute atomic E-state index is 10.5. The Bertz CT molecular complexity index is 79.3. The zero-order valence-corrected chi connectivity index (χ0v) is 7.69. The van der Waals surface area contributed by atoms with Crippen molar-refractivity contribution < 1.29 is 4.79 Å². The molecule has 2 heteroatoms. The molecule has 0 unspecified atom stereocenters. The van der Waals surface area contributed by atoms with E-state index in [1.165, 1.54) is 0 Å². The summed E-state index contributed by atoms with van der Waals surface area (Å²) < 4.78 is 0. The summed E-state index contributed by atoms with van der Waals surface area (Å²) in [6.45, 7) is 8.05. The molecule has 0 bridgehead atoms. The molecule has 0 atom stereocenters. The fourth-order valence-corrected chi connectivity index (χ4v) is 0.473. The van der Waals surface area contributed by atoms with Crippen LogP contribution in [0.3, 0.4) is 0 Å². The smallest absolute Gasteiger partial charge is 0.219 e. The van der Waals surface area contributed by atoms with Crippen molar-refractivity contribution in [3.8, 4) is 0 Å². The SMILES string of the molecule is CC.CNC(=O)CC(C)C. The summed E-state index contributed by atoms with van der Waals surface area (Å²) in [6.07, 6.45) is 0.635. The molecule has 0 aromatic heterocycles. The number of hydrogen-bond donors (Lipinski definition) is 1. The van der Waals surface area contributed by atoms with Crippen molar-refractivity contribution in [2.24, 2.45) is 5.92 Å². The summed E-state index contributed by atoms with van der Waals surface area (Å²) >= 11 is 0. The highest BCUT2D eigenvalue weighted by Gasteiger charge is 1.99. The Morgan fingerprint density at radius 1 is 1.40 bits per heavy atom. The van der Waals surface area contributed by atoms with Gasteiger partial charge in [-0.05, 0) is 5.92 Å². The molecule has 0 aliphatic rings. The van der Waals surface area contributed by atoms with Crippen LogP contribution in [0.5, 0.6) is 0 Å². The van der Waals surface area contributed by atoms with Crippen molar-refractivity contribution in [3.63, 3.8) is 0 Å².